The molecule has 4 heterocycles. The van der Waals surface area contributed by atoms with Crippen LogP contribution in [0.3, 0.4) is 0 Å². The number of thiophene rings is 1. The molecule has 0 radical (unpaired) electrons. The summed E-state index contributed by atoms with van der Waals surface area (Å²) in [6, 6.07) is 16.0. The zero-order valence-corrected chi connectivity index (χ0v) is 25.4. The first kappa shape index (κ1) is 27.9. The number of carbonyl (C=O) groups is 2. The van der Waals surface area contributed by atoms with Crippen LogP contribution < -0.4 is 9.80 Å². The van der Waals surface area contributed by atoms with Crippen molar-refractivity contribution in [3.8, 4) is 0 Å². The molecular weight excluding hydrogens is 530 g/mol. The number of fused-ring (bicyclic) bond motifs is 1. The molecule has 0 N–H and O–H groups in total. The van der Waals surface area contributed by atoms with Crippen LogP contribution >= 0.6 is 11.3 Å². The van der Waals surface area contributed by atoms with Gasteiger partial charge in [0.1, 0.15) is 5.82 Å². The summed E-state index contributed by atoms with van der Waals surface area (Å²) in [6.45, 7) is 12.8. The summed E-state index contributed by atoms with van der Waals surface area (Å²) in [5.41, 5.74) is 2.90. The summed E-state index contributed by atoms with van der Waals surface area (Å²) in [5, 5.41) is 1.95. The van der Waals surface area contributed by atoms with Gasteiger partial charge in [-0.25, -0.2) is 4.98 Å². The molecule has 216 valence electrons. The predicted molar refractivity (Wildman–Crippen MR) is 166 cm³/mol. The van der Waals surface area contributed by atoms with Gasteiger partial charge in [-0.2, -0.15) is 0 Å². The third kappa shape index (κ3) is 5.90. The molecule has 2 saturated heterocycles. The highest BCUT2D eigenvalue weighted by atomic mass is 32.1. The molecule has 3 aliphatic rings. The molecule has 3 aromatic rings. The Bertz CT molecular complexity index is 1350. The van der Waals surface area contributed by atoms with Gasteiger partial charge >= 0.3 is 0 Å². The standard InChI is InChI=1S/C33H41N5O2S/c1-33(2,3)24-10-8-23(9-11-24)31(39)37-20-26-27(21-37)28(26)22-38(32(40)29-7-5-18-41-29)25-12-13-30(34-19-25)36-15-6-14-35(4)16-17-36/h5,7-13,18-19,26-28H,6,14-17,20-22H2,1-4H3. The fourth-order valence-corrected chi connectivity index (χ4v) is 7.10. The van der Waals surface area contributed by atoms with E-state index in [1.165, 1.54) is 16.9 Å². The molecule has 2 unspecified atom stereocenters. The second-order valence-corrected chi connectivity index (χ2v) is 13.9. The van der Waals surface area contributed by atoms with E-state index < -0.39 is 0 Å². The SMILES string of the molecule is CN1CCCN(c2ccc(N(CC3C4CN(C(=O)c5ccc(C(C)(C)C)cc5)CC43)C(=O)c3cccs3)cn2)CC1. The number of anilines is 2. The van der Waals surface area contributed by atoms with E-state index in [0.29, 0.717) is 24.3 Å². The van der Waals surface area contributed by atoms with Crippen LogP contribution in [-0.4, -0.2) is 79.5 Å². The Hall–Kier alpha value is -3.23. The molecule has 8 heteroatoms. The number of likely N-dealkylation sites (tertiary alicyclic amines) is 1. The second kappa shape index (κ2) is 11.2. The molecule has 1 saturated carbocycles. The Morgan fingerprint density at radius 3 is 2.37 bits per heavy atom. The van der Waals surface area contributed by atoms with Crippen LogP contribution in [-0.2, 0) is 5.41 Å². The molecule has 6 rings (SSSR count). The Balaban J connectivity index is 1.12. The largest absolute Gasteiger partial charge is 0.355 e. The summed E-state index contributed by atoms with van der Waals surface area (Å²) >= 11 is 1.48. The lowest BCUT2D eigenvalue weighted by molar-refractivity contribution is 0.0766. The van der Waals surface area contributed by atoms with Gasteiger partial charge in [0.05, 0.1) is 16.8 Å². The van der Waals surface area contributed by atoms with E-state index in [2.05, 4.69) is 61.9 Å². The number of nitrogens with zero attached hydrogens (tertiary/aromatic N) is 5. The smallest absolute Gasteiger partial charge is 0.268 e. The molecule has 2 amide bonds. The molecule has 1 aliphatic carbocycles. The Morgan fingerprint density at radius 1 is 0.976 bits per heavy atom. The van der Waals surface area contributed by atoms with Crippen molar-refractivity contribution in [3.05, 3.63) is 76.1 Å². The highest BCUT2D eigenvalue weighted by Gasteiger charge is 2.57. The van der Waals surface area contributed by atoms with Crippen molar-refractivity contribution >= 4 is 34.7 Å². The molecule has 3 fully saturated rings. The van der Waals surface area contributed by atoms with E-state index in [-0.39, 0.29) is 17.2 Å². The van der Waals surface area contributed by atoms with Gasteiger partial charge in [0.15, 0.2) is 0 Å². The average molecular weight is 572 g/mol. The fourth-order valence-electron chi connectivity index (χ4n) is 6.43. The van der Waals surface area contributed by atoms with Crippen molar-refractivity contribution in [2.75, 3.05) is 62.7 Å². The molecular formula is C33H41N5O2S. The highest BCUT2D eigenvalue weighted by molar-refractivity contribution is 7.12. The van der Waals surface area contributed by atoms with Gasteiger partial charge < -0.3 is 19.6 Å². The van der Waals surface area contributed by atoms with E-state index in [0.717, 1.165) is 67.6 Å². The van der Waals surface area contributed by atoms with E-state index in [1.54, 1.807) is 0 Å². The lowest BCUT2D eigenvalue weighted by Gasteiger charge is -2.26. The lowest BCUT2D eigenvalue weighted by Crippen LogP contribution is -2.37. The zero-order valence-electron chi connectivity index (χ0n) is 24.6. The predicted octanol–water partition coefficient (Wildman–Crippen LogP) is 5.25. The minimum atomic E-state index is 0.0304. The lowest BCUT2D eigenvalue weighted by atomic mass is 9.86. The van der Waals surface area contributed by atoms with Crippen molar-refractivity contribution in [1.82, 2.24) is 14.8 Å². The topological polar surface area (TPSA) is 60.0 Å². The Morgan fingerprint density at radius 2 is 1.73 bits per heavy atom. The molecule has 7 nitrogen and oxygen atoms in total. The number of pyridine rings is 1. The van der Waals surface area contributed by atoms with Gasteiger partial charge in [-0.15, -0.1) is 11.3 Å². The second-order valence-electron chi connectivity index (χ2n) is 12.9. The summed E-state index contributed by atoms with van der Waals surface area (Å²) < 4.78 is 0. The van der Waals surface area contributed by atoms with E-state index in [9.17, 15) is 9.59 Å². The maximum absolute atomic E-state index is 13.6. The van der Waals surface area contributed by atoms with Gasteiger partial charge in [-0.3, -0.25) is 9.59 Å². The minimum absolute atomic E-state index is 0.0304. The molecule has 0 spiro atoms. The van der Waals surface area contributed by atoms with Crippen LogP contribution in [0.1, 0.15) is 52.8 Å². The average Bonchev–Trinajstić information content (AvgIpc) is 3.28. The summed E-state index contributed by atoms with van der Waals surface area (Å²) in [5.74, 6) is 2.39. The number of hydrogen-bond donors (Lipinski definition) is 0. The van der Waals surface area contributed by atoms with Crippen molar-refractivity contribution in [1.29, 1.82) is 0 Å². The quantitative estimate of drug-likeness (QED) is 0.405. The van der Waals surface area contributed by atoms with Gasteiger partial charge in [0, 0.05) is 44.8 Å². The number of benzene rings is 1. The first-order chi connectivity index (χ1) is 19.7. The Labute approximate surface area is 247 Å². The van der Waals surface area contributed by atoms with E-state index >= 15 is 0 Å². The molecule has 2 aromatic heterocycles. The van der Waals surface area contributed by atoms with Crippen molar-refractivity contribution < 1.29 is 9.59 Å². The first-order valence-electron chi connectivity index (χ1n) is 14.8. The fraction of sp³-hybridized carbons (Fsp3) is 0.485. The monoisotopic (exact) mass is 571 g/mol. The van der Waals surface area contributed by atoms with Gasteiger partial charge in [0.25, 0.3) is 11.8 Å². The molecule has 2 atom stereocenters. The zero-order chi connectivity index (χ0) is 28.7. The summed E-state index contributed by atoms with van der Waals surface area (Å²) in [6.07, 6.45) is 2.99. The normalized spacial score (nSPS) is 22.8. The van der Waals surface area contributed by atoms with Crippen molar-refractivity contribution in [2.24, 2.45) is 17.8 Å². The highest BCUT2D eigenvalue weighted by Crippen LogP contribution is 2.52. The van der Waals surface area contributed by atoms with Crippen molar-refractivity contribution in [2.45, 2.75) is 32.6 Å². The van der Waals surface area contributed by atoms with Crippen molar-refractivity contribution in [3.63, 3.8) is 0 Å². The minimum Gasteiger partial charge on any atom is -0.355 e. The number of likely N-dealkylation sites (N-methyl/N-ethyl adjacent to an activating group) is 1. The molecule has 2 aliphatic heterocycles. The van der Waals surface area contributed by atoms with E-state index in [1.807, 2.05) is 45.6 Å². The number of hydrogen-bond acceptors (Lipinski definition) is 6. The summed E-state index contributed by atoms with van der Waals surface area (Å²) in [4.78, 5) is 41.0. The number of aromatic nitrogens is 1. The summed E-state index contributed by atoms with van der Waals surface area (Å²) in [7, 11) is 2.17. The van der Waals surface area contributed by atoms with Crippen LogP contribution in [0, 0.1) is 17.8 Å². The van der Waals surface area contributed by atoms with Gasteiger partial charge in [0.2, 0.25) is 0 Å². The maximum atomic E-state index is 13.6. The Kier molecular flexibility index (Phi) is 7.64. The molecule has 41 heavy (non-hydrogen) atoms. The first-order valence-corrected chi connectivity index (χ1v) is 15.7. The van der Waals surface area contributed by atoms with Crippen LogP contribution in [0.4, 0.5) is 11.5 Å². The van der Waals surface area contributed by atoms with Crippen LogP contribution in [0.5, 0.6) is 0 Å². The number of piperidine rings is 1. The third-order valence-electron chi connectivity index (χ3n) is 9.11. The van der Waals surface area contributed by atoms with E-state index in [4.69, 9.17) is 4.98 Å². The third-order valence-corrected chi connectivity index (χ3v) is 9.97. The van der Waals surface area contributed by atoms with Crippen LogP contribution in [0.25, 0.3) is 0 Å². The van der Waals surface area contributed by atoms with Gasteiger partial charge in [-0.05, 0) is 84.5 Å². The van der Waals surface area contributed by atoms with Crippen LogP contribution in [0.15, 0.2) is 60.1 Å². The van der Waals surface area contributed by atoms with Gasteiger partial charge in [-0.1, -0.05) is 39.0 Å². The maximum Gasteiger partial charge on any atom is 0.268 e. The number of amides is 2. The number of carbonyl (C=O) groups excluding carboxylic acids is 2. The number of rotatable bonds is 6. The molecule has 1 aromatic carbocycles. The molecule has 0 bridgehead atoms. The van der Waals surface area contributed by atoms with Crippen LogP contribution in [0.2, 0.25) is 0 Å².